The molecule has 1 heterocycles. The number of hydrogen-bond donors (Lipinski definition) is 1. The lowest BCUT2D eigenvalue weighted by Gasteiger charge is -2.35. The topological polar surface area (TPSA) is 75.7 Å². The van der Waals surface area contributed by atoms with Crippen molar-refractivity contribution in [3.8, 4) is 5.75 Å². The fraction of sp³-hybridized carbons (Fsp3) is 0.381. The number of benzene rings is 2. The van der Waals surface area contributed by atoms with Crippen LogP contribution in [0.4, 0.5) is 5.69 Å². The third kappa shape index (κ3) is 4.21. The number of nitrogens with zero attached hydrogens (tertiary/aromatic N) is 1. The van der Waals surface area contributed by atoms with Crippen molar-refractivity contribution in [2.24, 2.45) is 0 Å². The van der Waals surface area contributed by atoms with Crippen molar-refractivity contribution >= 4 is 33.2 Å². The molecule has 1 aliphatic heterocycles. The average molecular weight is 435 g/mol. The molecule has 2 aromatic rings. The molecular formula is C21H23ClN2O4S. The molecule has 0 radical (unpaired) electrons. The number of hydrogen-bond acceptors (Lipinski definition) is 4. The zero-order chi connectivity index (χ0) is 20.4. The Labute approximate surface area is 175 Å². The SMILES string of the molecule is O=C(NC1CCCCC1)C1CN(S(=O)(=O)c2ccccc2)c2cc(Cl)ccc2O1. The van der Waals surface area contributed by atoms with Gasteiger partial charge in [0.15, 0.2) is 6.10 Å². The molecule has 2 aromatic carbocycles. The summed E-state index contributed by atoms with van der Waals surface area (Å²) < 4.78 is 33.7. The van der Waals surface area contributed by atoms with E-state index >= 15 is 0 Å². The van der Waals surface area contributed by atoms with Gasteiger partial charge in [-0.2, -0.15) is 0 Å². The van der Waals surface area contributed by atoms with Crippen LogP contribution in [0.5, 0.6) is 5.75 Å². The molecule has 0 bridgehead atoms. The fourth-order valence-electron chi connectivity index (χ4n) is 3.85. The predicted molar refractivity (Wildman–Crippen MR) is 112 cm³/mol. The van der Waals surface area contributed by atoms with Gasteiger partial charge in [0.05, 0.1) is 17.1 Å². The van der Waals surface area contributed by atoms with Gasteiger partial charge in [-0.25, -0.2) is 8.42 Å². The van der Waals surface area contributed by atoms with Crippen LogP contribution in [-0.2, 0) is 14.8 Å². The maximum atomic E-state index is 13.3. The molecule has 0 aromatic heterocycles. The lowest BCUT2D eigenvalue weighted by molar-refractivity contribution is -0.128. The monoisotopic (exact) mass is 434 g/mol. The zero-order valence-electron chi connectivity index (χ0n) is 15.9. The molecule has 4 rings (SSSR count). The lowest BCUT2D eigenvalue weighted by Crippen LogP contribution is -2.52. The molecule has 1 fully saturated rings. The molecule has 1 saturated carbocycles. The quantitative estimate of drug-likeness (QED) is 0.795. The van der Waals surface area contributed by atoms with Gasteiger partial charge < -0.3 is 10.1 Å². The van der Waals surface area contributed by atoms with E-state index in [1.54, 1.807) is 36.4 Å². The lowest BCUT2D eigenvalue weighted by atomic mass is 9.95. The first-order chi connectivity index (χ1) is 13.9. The largest absolute Gasteiger partial charge is 0.476 e. The van der Waals surface area contributed by atoms with E-state index in [-0.39, 0.29) is 23.4 Å². The van der Waals surface area contributed by atoms with Gasteiger partial charge in [0.2, 0.25) is 0 Å². The number of fused-ring (bicyclic) bond motifs is 1. The Hall–Kier alpha value is -2.25. The number of anilines is 1. The van der Waals surface area contributed by atoms with Gasteiger partial charge in [-0.1, -0.05) is 49.1 Å². The highest BCUT2D eigenvalue weighted by molar-refractivity contribution is 7.92. The number of amides is 1. The van der Waals surface area contributed by atoms with Gasteiger partial charge in [0.25, 0.3) is 15.9 Å². The van der Waals surface area contributed by atoms with E-state index in [1.807, 2.05) is 0 Å². The molecule has 154 valence electrons. The fourth-order valence-corrected chi connectivity index (χ4v) is 5.50. The maximum Gasteiger partial charge on any atom is 0.264 e. The average Bonchev–Trinajstić information content (AvgIpc) is 2.74. The van der Waals surface area contributed by atoms with E-state index in [2.05, 4.69) is 5.32 Å². The van der Waals surface area contributed by atoms with Crippen molar-refractivity contribution < 1.29 is 17.9 Å². The molecule has 2 aliphatic rings. The molecule has 6 nitrogen and oxygen atoms in total. The summed E-state index contributed by atoms with van der Waals surface area (Å²) >= 11 is 6.11. The van der Waals surface area contributed by atoms with Crippen molar-refractivity contribution in [2.45, 2.75) is 49.1 Å². The van der Waals surface area contributed by atoms with Crippen LogP contribution >= 0.6 is 11.6 Å². The zero-order valence-corrected chi connectivity index (χ0v) is 17.5. The van der Waals surface area contributed by atoms with Crippen LogP contribution in [0.2, 0.25) is 5.02 Å². The maximum absolute atomic E-state index is 13.3. The molecule has 1 N–H and O–H groups in total. The van der Waals surface area contributed by atoms with Crippen LogP contribution in [0.15, 0.2) is 53.4 Å². The van der Waals surface area contributed by atoms with Gasteiger partial charge in [-0.05, 0) is 43.2 Å². The Bertz CT molecular complexity index is 991. The van der Waals surface area contributed by atoms with Crippen molar-refractivity contribution in [1.82, 2.24) is 5.32 Å². The second kappa shape index (κ2) is 8.24. The summed E-state index contributed by atoms with van der Waals surface area (Å²) in [6.45, 7) is -0.108. The van der Waals surface area contributed by atoms with E-state index in [4.69, 9.17) is 16.3 Å². The minimum absolute atomic E-state index is 0.108. The molecule has 1 atom stereocenters. The standard InChI is InChI=1S/C21H23ClN2O4S/c22-15-11-12-19-18(13-15)24(29(26,27)17-9-5-2-6-10-17)14-20(28-19)21(25)23-16-7-3-1-4-8-16/h2,5-6,9-13,16,20H,1,3-4,7-8,14H2,(H,23,25). The molecule has 29 heavy (non-hydrogen) atoms. The summed E-state index contributed by atoms with van der Waals surface area (Å²) in [5.41, 5.74) is 0.336. The molecule has 1 amide bonds. The minimum Gasteiger partial charge on any atom is -0.476 e. The molecular weight excluding hydrogens is 412 g/mol. The highest BCUT2D eigenvalue weighted by atomic mass is 35.5. The Kier molecular flexibility index (Phi) is 5.69. The summed E-state index contributed by atoms with van der Waals surface area (Å²) in [5, 5.41) is 3.43. The van der Waals surface area contributed by atoms with E-state index in [9.17, 15) is 13.2 Å². The van der Waals surface area contributed by atoms with Crippen LogP contribution in [0.1, 0.15) is 32.1 Å². The first-order valence-corrected chi connectivity index (χ1v) is 11.6. The predicted octanol–water partition coefficient (Wildman–Crippen LogP) is 3.75. The van der Waals surface area contributed by atoms with Gasteiger partial charge in [-0.15, -0.1) is 0 Å². The van der Waals surface area contributed by atoms with Gasteiger partial charge in [0.1, 0.15) is 5.75 Å². The number of rotatable bonds is 4. The van der Waals surface area contributed by atoms with E-state index in [0.29, 0.717) is 16.5 Å². The summed E-state index contributed by atoms with van der Waals surface area (Å²) in [6.07, 6.45) is 4.32. The van der Waals surface area contributed by atoms with Crippen molar-refractivity contribution in [1.29, 1.82) is 0 Å². The van der Waals surface area contributed by atoms with Gasteiger partial charge in [-0.3, -0.25) is 9.10 Å². The third-order valence-electron chi connectivity index (χ3n) is 5.37. The number of ether oxygens (including phenoxy) is 1. The van der Waals surface area contributed by atoms with Gasteiger partial charge in [0, 0.05) is 11.1 Å². The first kappa shape index (κ1) is 20.0. The Balaban J connectivity index is 1.65. The van der Waals surface area contributed by atoms with Crippen LogP contribution < -0.4 is 14.4 Å². The Morgan fingerprint density at radius 1 is 1.07 bits per heavy atom. The third-order valence-corrected chi connectivity index (χ3v) is 7.39. The molecule has 1 unspecified atom stereocenters. The van der Waals surface area contributed by atoms with E-state index in [1.165, 1.54) is 22.9 Å². The Morgan fingerprint density at radius 2 is 1.79 bits per heavy atom. The summed E-state index contributed by atoms with van der Waals surface area (Å²) in [5.74, 6) is 0.0368. The summed E-state index contributed by atoms with van der Waals surface area (Å²) in [6, 6.07) is 13.0. The number of carbonyl (C=O) groups excluding carboxylic acids is 1. The van der Waals surface area contributed by atoms with Crippen LogP contribution in [0.3, 0.4) is 0 Å². The highest BCUT2D eigenvalue weighted by Gasteiger charge is 2.38. The van der Waals surface area contributed by atoms with Gasteiger partial charge >= 0.3 is 0 Å². The van der Waals surface area contributed by atoms with Crippen molar-refractivity contribution in [3.63, 3.8) is 0 Å². The Morgan fingerprint density at radius 3 is 2.52 bits per heavy atom. The smallest absolute Gasteiger partial charge is 0.264 e. The summed E-state index contributed by atoms with van der Waals surface area (Å²) in [4.78, 5) is 13.0. The molecule has 1 aliphatic carbocycles. The number of sulfonamides is 1. The normalized spacial score (nSPS) is 19.9. The van der Waals surface area contributed by atoms with E-state index in [0.717, 1.165) is 25.7 Å². The van der Waals surface area contributed by atoms with Crippen LogP contribution in [0, 0.1) is 0 Å². The molecule has 0 spiro atoms. The number of carbonyl (C=O) groups is 1. The first-order valence-electron chi connectivity index (χ1n) is 9.79. The summed E-state index contributed by atoms with van der Waals surface area (Å²) in [7, 11) is -3.88. The molecule has 0 saturated heterocycles. The van der Waals surface area contributed by atoms with Crippen LogP contribution in [-0.4, -0.2) is 33.0 Å². The second-order valence-corrected chi connectivity index (χ2v) is 9.71. The van der Waals surface area contributed by atoms with Crippen molar-refractivity contribution in [2.75, 3.05) is 10.8 Å². The highest BCUT2D eigenvalue weighted by Crippen LogP contribution is 2.38. The second-order valence-electron chi connectivity index (χ2n) is 7.41. The van der Waals surface area contributed by atoms with Crippen LogP contribution in [0.25, 0.3) is 0 Å². The molecule has 8 heteroatoms. The van der Waals surface area contributed by atoms with E-state index < -0.39 is 16.1 Å². The minimum atomic E-state index is -3.88. The number of nitrogens with one attached hydrogen (secondary N) is 1. The van der Waals surface area contributed by atoms with Crippen molar-refractivity contribution in [3.05, 3.63) is 53.6 Å². The number of halogens is 1.